The molecule has 0 aliphatic carbocycles. The van der Waals surface area contributed by atoms with E-state index in [0.29, 0.717) is 11.3 Å². The van der Waals surface area contributed by atoms with Crippen LogP contribution in [0, 0.1) is 5.82 Å². The molecule has 4 heteroatoms. The van der Waals surface area contributed by atoms with E-state index in [1.807, 2.05) is 0 Å². The van der Waals surface area contributed by atoms with E-state index in [1.54, 1.807) is 36.4 Å². The van der Waals surface area contributed by atoms with Crippen molar-refractivity contribution in [2.45, 2.75) is 0 Å². The number of carbonyl (C=O) groups excluding carboxylic acids is 1. The van der Waals surface area contributed by atoms with Crippen molar-refractivity contribution in [2.24, 2.45) is 0 Å². The van der Waals surface area contributed by atoms with Gasteiger partial charge in [0.1, 0.15) is 11.6 Å². The standard InChI is InChI=1S/C14H12FNO2/c1-18-13-9-5-2-6-10(13)14(17)16-12-8-4-3-7-11(12)15/h2-9H,1H3,(H,16,17). The molecule has 2 aromatic rings. The first-order chi connectivity index (χ1) is 8.72. The number of rotatable bonds is 3. The zero-order chi connectivity index (χ0) is 13.0. The van der Waals surface area contributed by atoms with Gasteiger partial charge < -0.3 is 10.1 Å². The lowest BCUT2D eigenvalue weighted by Crippen LogP contribution is -2.14. The molecular weight excluding hydrogens is 233 g/mol. The van der Waals surface area contributed by atoms with Gasteiger partial charge in [0.2, 0.25) is 0 Å². The SMILES string of the molecule is COc1ccccc1C(=O)Nc1ccccc1F. The summed E-state index contributed by atoms with van der Waals surface area (Å²) in [6.45, 7) is 0. The summed E-state index contributed by atoms with van der Waals surface area (Å²) in [5.74, 6) is -0.426. The first kappa shape index (κ1) is 12.1. The van der Waals surface area contributed by atoms with E-state index < -0.39 is 11.7 Å². The summed E-state index contributed by atoms with van der Waals surface area (Å²) < 4.78 is 18.5. The molecule has 0 radical (unpaired) electrons. The minimum Gasteiger partial charge on any atom is -0.496 e. The molecule has 0 fully saturated rings. The Kier molecular flexibility index (Phi) is 3.57. The highest BCUT2D eigenvalue weighted by molar-refractivity contribution is 6.06. The van der Waals surface area contributed by atoms with Crippen molar-refractivity contribution >= 4 is 11.6 Å². The molecule has 0 bridgehead atoms. The second-order valence-electron chi connectivity index (χ2n) is 3.63. The maximum atomic E-state index is 13.4. The van der Waals surface area contributed by atoms with Crippen LogP contribution < -0.4 is 10.1 Å². The van der Waals surface area contributed by atoms with Crippen LogP contribution in [0.1, 0.15) is 10.4 Å². The number of amides is 1. The van der Waals surface area contributed by atoms with Crippen LogP contribution in [0.15, 0.2) is 48.5 Å². The number of para-hydroxylation sites is 2. The Morgan fingerprint density at radius 2 is 1.78 bits per heavy atom. The number of hydrogen-bond acceptors (Lipinski definition) is 2. The van der Waals surface area contributed by atoms with E-state index in [-0.39, 0.29) is 5.69 Å². The lowest BCUT2D eigenvalue weighted by Gasteiger charge is -2.09. The smallest absolute Gasteiger partial charge is 0.259 e. The van der Waals surface area contributed by atoms with Crippen LogP contribution in [0.4, 0.5) is 10.1 Å². The van der Waals surface area contributed by atoms with Crippen molar-refractivity contribution in [3.63, 3.8) is 0 Å². The molecular formula is C14H12FNO2. The van der Waals surface area contributed by atoms with Crippen LogP contribution in [0.2, 0.25) is 0 Å². The molecule has 0 saturated heterocycles. The summed E-state index contributed by atoms with van der Waals surface area (Å²) in [4.78, 5) is 12.0. The zero-order valence-corrected chi connectivity index (χ0v) is 9.81. The van der Waals surface area contributed by atoms with Crippen molar-refractivity contribution in [3.05, 3.63) is 59.9 Å². The average Bonchev–Trinajstić information content (AvgIpc) is 2.41. The summed E-state index contributed by atoms with van der Waals surface area (Å²) in [5.41, 5.74) is 0.511. The maximum Gasteiger partial charge on any atom is 0.259 e. The summed E-state index contributed by atoms with van der Waals surface area (Å²) >= 11 is 0. The van der Waals surface area contributed by atoms with E-state index >= 15 is 0 Å². The number of ether oxygens (including phenoxy) is 1. The molecule has 0 atom stereocenters. The Morgan fingerprint density at radius 1 is 1.11 bits per heavy atom. The molecule has 92 valence electrons. The van der Waals surface area contributed by atoms with Crippen molar-refractivity contribution in [1.29, 1.82) is 0 Å². The van der Waals surface area contributed by atoms with Crippen LogP contribution >= 0.6 is 0 Å². The van der Waals surface area contributed by atoms with Gasteiger partial charge in [-0.3, -0.25) is 4.79 Å². The van der Waals surface area contributed by atoms with Gasteiger partial charge in [-0.05, 0) is 24.3 Å². The Balaban J connectivity index is 2.25. The van der Waals surface area contributed by atoms with Crippen LogP contribution in [0.25, 0.3) is 0 Å². The number of nitrogens with one attached hydrogen (secondary N) is 1. The Labute approximate surface area is 104 Å². The monoisotopic (exact) mass is 245 g/mol. The zero-order valence-electron chi connectivity index (χ0n) is 9.81. The Morgan fingerprint density at radius 3 is 2.50 bits per heavy atom. The minimum atomic E-state index is -0.472. The van der Waals surface area contributed by atoms with E-state index in [2.05, 4.69) is 5.32 Å². The van der Waals surface area contributed by atoms with Gasteiger partial charge in [0.05, 0.1) is 18.4 Å². The van der Waals surface area contributed by atoms with Gasteiger partial charge in [0, 0.05) is 0 Å². The average molecular weight is 245 g/mol. The molecule has 1 amide bonds. The fraction of sp³-hybridized carbons (Fsp3) is 0.0714. The third kappa shape index (κ3) is 2.48. The molecule has 2 rings (SSSR count). The van der Waals surface area contributed by atoms with Gasteiger partial charge in [-0.25, -0.2) is 4.39 Å². The van der Waals surface area contributed by atoms with Gasteiger partial charge in [-0.15, -0.1) is 0 Å². The number of hydrogen-bond donors (Lipinski definition) is 1. The van der Waals surface area contributed by atoms with Crippen LogP contribution in [0.5, 0.6) is 5.75 Å². The van der Waals surface area contributed by atoms with Crippen molar-refractivity contribution in [3.8, 4) is 5.75 Å². The lowest BCUT2D eigenvalue weighted by molar-refractivity contribution is 0.102. The van der Waals surface area contributed by atoms with E-state index in [9.17, 15) is 9.18 Å². The van der Waals surface area contributed by atoms with Gasteiger partial charge in [-0.2, -0.15) is 0 Å². The molecule has 0 aliphatic rings. The third-order valence-corrected chi connectivity index (χ3v) is 2.47. The fourth-order valence-corrected chi connectivity index (χ4v) is 1.58. The topological polar surface area (TPSA) is 38.3 Å². The van der Waals surface area contributed by atoms with Crippen LogP contribution in [0.3, 0.4) is 0 Å². The fourth-order valence-electron chi connectivity index (χ4n) is 1.58. The molecule has 1 N–H and O–H groups in total. The minimum absolute atomic E-state index is 0.147. The Hall–Kier alpha value is -2.36. The number of methoxy groups -OCH3 is 1. The Bertz CT molecular complexity index is 569. The van der Waals surface area contributed by atoms with Gasteiger partial charge in [0.15, 0.2) is 0 Å². The van der Waals surface area contributed by atoms with E-state index in [0.717, 1.165) is 0 Å². The third-order valence-electron chi connectivity index (χ3n) is 2.47. The van der Waals surface area contributed by atoms with Crippen molar-refractivity contribution in [1.82, 2.24) is 0 Å². The van der Waals surface area contributed by atoms with Gasteiger partial charge in [0.25, 0.3) is 5.91 Å². The van der Waals surface area contributed by atoms with Gasteiger partial charge in [-0.1, -0.05) is 24.3 Å². The van der Waals surface area contributed by atoms with Crippen molar-refractivity contribution < 1.29 is 13.9 Å². The second kappa shape index (κ2) is 5.31. The molecule has 18 heavy (non-hydrogen) atoms. The molecule has 0 spiro atoms. The summed E-state index contributed by atoms with van der Waals surface area (Å²) in [7, 11) is 1.48. The first-order valence-electron chi connectivity index (χ1n) is 5.41. The highest BCUT2D eigenvalue weighted by atomic mass is 19.1. The molecule has 0 aliphatic heterocycles. The predicted molar refractivity (Wildman–Crippen MR) is 67.3 cm³/mol. The van der Waals surface area contributed by atoms with Gasteiger partial charge >= 0.3 is 0 Å². The molecule has 0 aromatic heterocycles. The molecule has 0 unspecified atom stereocenters. The highest BCUT2D eigenvalue weighted by Crippen LogP contribution is 2.20. The summed E-state index contributed by atoms with van der Waals surface area (Å²) in [6, 6.07) is 12.8. The maximum absolute atomic E-state index is 13.4. The highest BCUT2D eigenvalue weighted by Gasteiger charge is 2.12. The molecule has 2 aromatic carbocycles. The normalized spacial score (nSPS) is 9.89. The number of benzene rings is 2. The second-order valence-corrected chi connectivity index (χ2v) is 3.63. The summed E-state index contributed by atoms with van der Waals surface area (Å²) in [6.07, 6.45) is 0. The lowest BCUT2D eigenvalue weighted by atomic mass is 10.2. The van der Waals surface area contributed by atoms with Crippen molar-refractivity contribution in [2.75, 3.05) is 12.4 Å². The first-order valence-corrected chi connectivity index (χ1v) is 5.41. The molecule has 0 saturated carbocycles. The predicted octanol–water partition coefficient (Wildman–Crippen LogP) is 3.09. The summed E-state index contributed by atoms with van der Waals surface area (Å²) in [5, 5.41) is 2.51. The quantitative estimate of drug-likeness (QED) is 0.902. The van der Waals surface area contributed by atoms with E-state index in [1.165, 1.54) is 19.2 Å². The molecule has 3 nitrogen and oxygen atoms in total. The number of halogens is 1. The number of anilines is 1. The largest absolute Gasteiger partial charge is 0.496 e. The number of carbonyl (C=O) groups is 1. The molecule has 0 heterocycles. The van der Waals surface area contributed by atoms with Crippen LogP contribution in [-0.2, 0) is 0 Å². The van der Waals surface area contributed by atoms with E-state index in [4.69, 9.17) is 4.74 Å². The van der Waals surface area contributed by atoms with Crippen LogP contribution in [-0.4, -0.2) is 13.0 Å².